The lowest BCUT2D eigenvalue weighted by Gasteiger charge is -2.12. The maximum absolute atomic E-state index is 12.1. The number of rotatable bonds is 13. The number of hydrogen-bond acceptors (Lipinski definition) is 5. The molecule has 1 aliphatic rings. The zero-order chi connectivity index (χ0) is 19.7. The number of amides is 2. The Labute approximate surface area is 162 Å². The quantitative estimate of drug-likeness (QED) is 0.364. The zero-order valence-corrected chi connectivity index (χ0v) is 16.8. The van der Waals surface area contributed by atoms with Gasteiger partial charge in [0.25, 0.3) is 21.9 Å². The van der Waals surface area contributed by atoms with E-state index in [0.717, 1.165) is 19.3 Å². The molecular weight excluding hydrogens is 366 g/mol. The Morgan fingerprint density at radius 1 is 0.778 bits per heavy atom. The van der Waals surface area contributed by atoms with Crippen LogP contribution in [-0.4, -0.2) is 31.0 Å². The molecule has 0 saturated heterocycles. The van der Waals surface area contributed by atoms with E-state index in [1.54, 1.807) is 12.1 Å². The first kappa shape index (κ1) is 21.6. The summed E-state index contributed by atoms with van der Waals surface area (Å²) in [6, 6.07) is 6.19. The number of carbonyl (C=O) groups is 2. The van der Waals surface area contributed by atoms with Crippen LogP contribution >= 0.6 is 0 Å². The van der Waals surface area contributed by atoms with Crippen LogP contribution in [0.1, 0.15) is 91.8 Å². The smallest absolute Gasteiger partial charge is 0.266 e. The number of carbonyl (C=O) groups excluding carboxylic acids is 2. The highest BCUT2D eigenvalue weighted by Crippen LogP contribution is 2.24. The standard InChI is InChI=1S/C20H29NO5S/c1-2-3-4-5-6-7-8-9-10-13-16-27(24,25)26-21-19(22)17-14-11-12-15-18(17)20(21)23/h11-12,14-15H,2-10,13,16H2,1H3. The minimum atomic E-state index is -3.97. The molecule has 6 nitrogen and oxygen atoms in total. The zero-order valence-electron chi connectivity index (χ0n) is 16.0. The van der Waals surface area contributed by atoms with E-state index >= 15 is 0 Å². The van der Waals surface area contributed by atoms with Crippen LogP contribution in [0.2, 0.25) is 0 Å². The first-order valence-electron chi connectivity index (χ1n) is 9.86. The van der Waals surface area contributed by atoms with Gasteiger partial charge in [-0.3, -0.25) is 9.59 Å². The minimum absolute atomic E-state index is 0.164. The van der Waals surface area contributed by atoms with E-state index < -0.39 is 21.9 Å². The normalized spacial score (nSPS) is 14.0. The molecule has 0 unspecified atom stereocenters. The Hall–Kier alpha value is -1.73. The molecule has 0 spiro atoms. The van der Waals surface area contributed by atoms with Crippen molar-refractivity contribution in [2.24, 2.45) is 0 Å². The molecule has 0 N–H and O–H groups in total. The van der Waals surface area contributed by atoms with Gasteiger partial charge in [0.15, 0.2) is 0 Å². The monoisotopic (exact) mass is 395 g/mol. The van der Waals surface area contributed by atoms with Crippen molar-refractivity contribution in [3.8, 4) is 0 Å². The van der Waals surface area contributed by atoms with Crippen LogP contribution in [0.4, 0.5) is 0 Å². The number of unbranched alkanes of at least 4 members (excludes halogenated alkanes) is 9. The summed E-state index contributed by atoms with van der Waals surface area (Å²) in [6.07, 6.45) is 10.9. The van der Waals surface area contributed by atoms with E-state index in [4.69, 9.17) is 4.28 Å². The molecule has 7 heteroatoms. The maximum Gasteiger partial charge on any atom is 0.288 e. The molecule has 0 bridgehead atoms. The molecule has 27 heavy (non-hydrogen) atoms. The fourth-order valence-corrected chi connectivity index (χ4v) is 4.15. The van der Waals surface area contributed by atoms with Gasteiger partial charge in [-0.1, -0.05) is 76.8 Å². The summed E-state index contributed by atoms with van der Waals surface area (Å²) in [4.78, 5) is 24.3. The van der Waals surface area contributed by atoms with Crippen LogP contribution in [0.3, 0.4) is 0 Å². The molecule has 1 aromatic rings. The van der Waals surface area contributed by atoms with Crippen molar-refractivity contribution < 1.29 is 22.3 Å². The lowest BCUT2D eigenvalue weighted by atomic mass is 10.1. The van der Waals surface area contributed by atoms with Gasteiger partial charge in [0, 0.05) is 0 Å². The highest BCUT2D eigenvalue weighted by Gasteiger charge is 2.39. The van der Waals surface area contributed by atoms with Gasteiger partial charge < -0.3 is 0 Å². The van der Waals surface area contributed by atoms with Crippen molar-refractivity contribution in [3.05, 3.63) is 35.4 Å². The third kappa shape index (κ3) is 6.43. The second-order valence-corrected chi connectivity index (χ2v) is 8.64. The number of nitrogens with zero attached hydrogens (tertiary/aromatic N) is 1. The third-order valence-electron chi connectivity index (χ3n) is 4.69. The fraction of sp³-hybridized carbons (Fsp3) is 0.600. The second kappa shape index (κ2) is 10.6. The molecule has 0 radical (unpaired) electrons. The van der Waals surface area contributed by atoms with E-state index in [-0.39, 0.29) is 16.9 Å². The lowest BCUT2D eigenvalue weighted by Crippen LogP contribution is -2.33. The van der Waals surface area contributed by atoms with Crippen molar-refractivity contribution in [3.63, 3.8) is 0 Å². The molecule has 0 aromatic heterocycles. The Morgan fingerprint density at radius 3 is 1.70 bits per heavy atom. The highest BCUT2D eigenvalue weighted by atomic mass is 32.2. The summed E-state index contributed by atoms with van der Waals surface area (Å²) in [7, 11) is -3.97. The van der Waals surface area contributed by atoms with Crippen LogP contribution < -0.4 is 0 Å². The molecule has 2 rings (SSSR count). The molecule has 0 saturated carbocycles. The molecule has 0 fully saturated rings. The van der Waals surface area contributed by atoms with Crippen molar-refractivity contribution in [1.82, 2.24) is 5.06 Å². The average Bonchev–Trinajstić information content (AvgIpc) is 2.88. The summed E-state index contributed by atoms with van der Waals surface area (Å²) in [5.74, 6) is -1.67. The van der Waals surface area contributed by atoms with Crippen LogP contribution in [0.15, 0.2) is 24.3 Å². The Bertz CT molecular complexity index is 709. The van der Waals surface area contributed by atoms with E-state index in [1.165, 1.54) is 50.7 Å². The predicted octanol–water partition coefficient (Wildman–Crippen LogP) is 4.46. The number of fused-ring (bicyclic) bond motifs is 1. The van der Waals surface area contributed by atoms with Crippen molar-refractivity contribution in [1.29, 1.82) is 0 Å². The largest absolute Gasteiger partial charge is 0.288 e. The Balaban J connectivity index is 1.66. The van der Waals surface area contributed by atoms with Gasteiger partial charge in [0.05, 0.1) is 16.9 Å². The molecule has 1 heterocycles. The van der Waals surface area contributed by atoms with Crippen molar-refractivity contribution >= 4 is 21.9 Å². The predicted molar refractivity (Wildman–Crippen MR) is 104 cm³/mol. The first-order chi connectivity index (χ1) is 13.0. The summed E-state index contributed by atoms with van der Waals surface area (Å²) >= 11 is 0. The van der Waals surface area contributed by atoms with Crippen molar-refractivity contribution in [2.75, 3.05) is 5.75 Å². The molecule has 1 aliphatic heterocycles. The molecule has 2 amide bonds. The topological polar surface area (TPSA) is 80.8 Å². The van der Waals surface area contributed by atoms with Crippen LogP contribution in [0.5, 0.6) is 0 Å². The number of benzene rings is 1. The summed E-state index contributed by atoms with van der Waals surface area (Å²) in [6.45, 7) is 2.20. The highest BCUT2D eigenvalue weighted by molar-refractivity contribution is 7.86. The average molecular weight is 396 g/mol. The third-order valence-corrected chi connectivity index (χ3v) is 5.86. The molecule has 1 aromatic carbocycles. The van der Waals surface area contributed by atoms with Crippen LogP contribution in [0.25, 0.3) is 0 Å². The van der Waals surface area contributed by atoms with Gasteiger partial charge in [-0.05, 0) is 18.6 Å². The number of imide groups is 1. The molecule has 0 atom stereocenters. The van der Waals surface area contributed by atoms with E-state index in [0.29, 0.717) is 11.5 Å². The van der Waals surface area contributed by atoms with Gasteiger partial charge in [-0.25, -0.2) is 0 Å². The van der Waals surface area contributed by atoms with E-state index in [9.17, 15) is 18.0 Å². The molecule has 150 valence electrons. The van der Waals surface area contributed by atoms with Crippen LogP contribution in [-0.2, 0) is 14.4 Å². The SMILES string of the molecule is CCCCCCCCCCCCS(=O)(=O)ON1C(=O)c2ccccc2C1=O. The van der Waals surface area contributed by atoms with Gasteiger partial charge >= 0.3 is 0 Å². The maximum atomic E-state index is 12.1. The first-order valence-corrected chi connectivity index (χ1v) is 11.4. The molecular formula is C20H29NO5S. The number of hydroxylamine groups is 2. The summed E-state index contributed by atoms with van der Waals surface area (Å²) in [5.41, 5.74) is 0.327. The van der Waals surface area contributed by atoms with Crippen LogP contribution in [0, 0.1) is 0 Å². The lowest BCUT2D eigenvalue weighted by molar-refractivity contribution is -0.0103. The minimum Gasteiger partial charge on any atom is -0.266 e. The Kier molecular flexibility index (Phi) is 8.44. The van der Waals surface area contributed by atoms with Crippen molar-refractivity contribution in [2.45, 2.75) is 71.1 Å². The van der Waals surface area contributed by atoms with Gasteiger partial charge in [0.1, 0.15) is 0 Å². The van der Waals surface area contributed by atoms with Gasteiger partial charge in [-0.15, -0.1) is 9.35 Å². The summed E-state index contributed by atoms with van der Waals surface area (Å²) in [5, 5.41) is 0.357. The fourth-order valence-electron chi connectivity index (χ4n) is 3.15. The molecule has 0 aliphatic carbocycles. The second-order valence-electron chi connectivity index (χ2n) is 6.97. The van der Waals surface area contributed by atoms with Gasteiger partial charge in [0.2, 0.25) is 0 Å². The Morgan fingerprint density at radius 2 is 1.22 bits per heavy atom. The van der Waals surface area contributed by atoms with Gasteiger partial charge in [-0.2, -0.15) is 8.42 Å². The summed E-state index contributed by atoms with van der Waals surface area (Å²) < 4.78 is 29.0. The van der Waals surface area contributed by atoms with E-state index in [2.05, 4.69) is 6.92 Å². The van der Waals surface area contributed by atoms with E-state index in [1.807, 2.05) is 0 Å². The number of hydrogen-bond donors (Lipinski definition) is 0.